The Balaban J connectivity index is 1.45. The van der Waals surface area contributed by atoms with Crippen LogP contribution in [0.25, 0.3) is 11.2 Å². The number of nitrogens with one attached hydrogen (secondary N) is 1. The van der Waals surface area contributed by atoms with Gasteiger partial charge in [0, 0.05) is 25.2 Å². The van der Waals surface area contributed by atoms with Crippen LogP contribution in [-0.2, 0) is 25.8 Å². The molecule has 1 aliphatic heterocycles. The van der Waals surface area contributed by atoms with Crippen molar-refractivity contribution in [1.29, 1.82) is 0 Å². The van der Waals surface area contributed by atoms with Gasteiger partial charge in [0.05, 0.1) is 22.0 Å². The number of benzene rings is 1. The van der Waals surface area contributed by atoms with Crippen LogP contribution in [0.1, 0.15) is 80.6 Å². The topological polar surface area (TPSA) is 103 Å². The number of Topliss-reactive ketones (excluding diaryl/α,β-unsaturated/α-hetero) is 1. The van der Waals surface area contributed by atoms with E-state index in [2.05, 4.69) is 5.32 Å². The summed E-state index contributed by atoms with van der Waals surface area (Å²) in [7, 11) is -3.48. The summed E-state index contributed by atoms with van der Waals surface area (Å²) in [6.07, 6.45) is 9.61. The second-order valence-corrected chi connectivity index (χ2v) is 12.9. The van der Waals surface area contributed by atoms with Gasteiger partial charge in [0.1, 0.15) is 23.4 Å². The zero-order valence-electron chi connectivity index (χ0n) is 21.5. The Labute approximate surface area is 217 Å². The fourth-order valence-corrected chi connectivity index (χ4v) is 6.37. The van der Waals surface area contributed by atoms with E-state index in [1.54, 1.807) is 0 Å². The van der Waals surface area contributed by atoms with Crippen LogP contribution in [0.2, 0.25) is 0 Å². The Morgan fingerprint density at radius 1 is 1.05 bits per heavy atom. The Bertz CT molecular complexity index is 1470. The third kappa shape index (κ3) is 4.91. The maximum atomic E-state index is 12.8. The number of carbonyl (C=O) groups is 1. The first kappa shape index (κ1) is 24.6. The number of carbonyl (C=O) groups excluding carboxylic acids is 1. The van der Waals surface area contributed by atoms with Gasteiger partial charge in [0.2, 0.25) is 0 Å². The molecule has 0 spiro atoms. The van der Waals surface area contributed by atoms with E-state index < -0.39 is 9.84 Å². The molecule has 0 radical (unpaired) electrons. The molecular weight excluding hydrogens is 488 g/mol. The number of aromatic nitrogens is 3. The van der Waals surface area contributed by atoms with E-state index >= 15 is 0 Å². The smallest absolute Gasteiger partial charge is 0.177 e. The summed E-state index contributed by atoms with van der Waals surface area (Å²) in [5.74, 6) is 1.55. The molecule has 2 saturated carbocycles. The largest absolute Gasteiger partial charge is 0.358 e. The molecule has 196 valence electrons. The molecule has 3 fully saturated rings. The average molecular weight is 523 g/mol. The second kappa shape index (κ2) is 9.51. The highest BCUT2D eigenvalue weighted by molar-refractivity contribution is 7.90. The van der Waals surface area contributed by atoms with Gasteiger partial charge >= 0.3 is 0 Å². The van der Waals surface area contributed by atoms with E-state index in [1.165, 1.54) is 12.7 Å². The average Bonchev–Trinajstić information content (AvgIpc) is 3.62. The van der Waals surface area contributed by atoms with Gasteiger partial charge in [-0.25, -0.2) is 18.4 Å². The van der Waals surface area contributed by atoms with E-state index in [1.807, 2.05) is 35.8 Å². The predicted octanol–water partition coefficient (Wildman–Crippen LogP) is 5.38. The van der Waals surface area contributed by atoms with Gasteiger partial charge in [-0.1, -0.05) is 12.5 Å². The zero-order chi connectivity index (χ0) is 25.7. The first-order chi connectivity index (χ1) is 17.8. The Morgan fingerprint density at radius 2 is 1.86 bits per heavy atom. The molecule has 1 saturated heterocycles. The fraction of sp³-hybridized carbons (Fsp3) is 0.536. The molecule has 1 N–H and O–H groups in total. The number of rotatable bonds is 8. The first-order valence-corrected chi connectivity index (χ1v) is 15.3. The number of pyridine rings is 1. The van der Waals surface area contributed by atoms with Crippen molar-refractivity contribution in [1.82, 2.24) is 14.5 Å². The summed E-state index contributed by atoms with van der Waals surface area (Å²) in [6, 6.07) is 7.56. The van der Waals surface area contributed by atoms with Crippen LogP contribution >= 0.6 is 0 Å². The lowest BCUT2D eigenvalue weighted by Gasteiger charge is -2.26. The number of ketones is 1. The molecular formula is C28H34N4O4S. The Kier molecular flexibility index (Phi) is 6.31. The van der Waals surface area contributed by atoms with Crippen molar-refractivity contribution in [2.75, 3.05) is 18.2 Å². The molecule has 1 atom stereocenters. The van der Waals surface area contributed by atoms with Gasteiger partial charge in [-0.2, -0.15) is 0 Å². The third-order valence-electron chi connectivity index (χ3n) is 7.96. The highest BCUT2D eigenvalue weighted by atomic mass is 32.2. The molecule has 0 bridgehead atoms. The summed E-state index contributed by atoms with van der Waals surface area (Å²) in [6.45, 7) is 2.63. The normalized spacial score (nSPS) is 20.6. The second-order valence-electron chi connectivity index (χ2n) is 10.9. The van der Waals surface area contributed by atoms with Crippen LogP contribution in [0.3, 0.4) is 0 Å². The number of aryl methyl sites for hydroxylation is 1. The number of fused-ring (bicyclic) bond motifs is 1. The van der Waals surface area contributed by atoms with Gasteiger partial charge in [0.25, 0.3) is 0 Å². The molecule has 2 aliphatic carbocycles. The minimum absolute atomic E-state index is 0.137. The number of hydrogen-bond acceptors (Lipinski definition) is 7. The van der Waals surface area contributed by atoms with Crippen molar-refractivity contribution >= 4 is 38.2 Å². The summed E-state index contributed by atoms with van der Waals surface area (Å²) < 4.78 is 33.7. The number of imidazole rings is 1. The minimum atomic E-state index is -3.48. The summed E-state index contributed by atoms with van der Waals surface area (Å²) in [5, 5.41) is 3.38. The molecule has 1 aromatic carbocycles. The monoisotopic (exact) mass is 522 g/mol. The molecule has 1 unspecified atom stereocenters. The zero-order valence-corrected chi connectivity index (χ0v) is 22.3. The van der Waals surface area contributed by atoms with Gasteiger partial charge < -0.3 is 10.1 Å². The molecule has 3 heterocycles. The Morgan fingerprint density at radius 3 is 2.51 bits per heavy atom. The molecule has 8 nitrogen and oxygen atoms in total. The highest BCUT2D eigenvalue weighted by Crippen LogP contribution is 2.40. The van der Waals surface area contributed by atoms with E-state index in [0.29, 0.717) is 40.8 Å². The molecule has 0 amide bonds. The highest BCUT2D eigenvalue weighted by Gasteiger charge is 2.31. The lowest BCUT2D eigenvalue weighted by atomic mass is 9.80. The SMILES string of the molecule is Cc1nc2c(Nc3ccc(C4CCC4)cc3S(C)(=O)=O)cc(CC(=O)C3CC3)nc2n1C1CCCCO1. The van der Waals surface area contributed by atoms with Gasteiger partial charge in [-0.15, -0.1) is 0 Å². The van der Waals surface area contributed by atoms with E-state index in [-0.39, 0.29) is 29.2 Å². The van der Waals surface area contributed by atoms with Crippen molar-refractivity contribution in [3.05, 3.63) is 41.3 Å². The summed E-state index contributed by atoms with van der Waals surface area (Å²) in [5.41, 5.74) is 4.22. The lowest BCUT2D eigenvalue weighted by molar-refractivity contribution is -0.119. The molecule has 9 heteroatoms. The molecule has 37 heavy (non-hydrogen) atoms. The quantitative estimate of drug-likeness (QED) is 0.424. The van der Waals surface area contributed by atoms with E-state index in [0.717, 1.165) is 56.3 Å². The van der Waals surface area contributed by atoms with Crippen molar-refractivity contribution in [3.63, 3.8) is 0 Å². The van der Waals surface area contributed by atoms with Crippen molar-refractivity contribution < 1.29 is 17.9 Å². The predicted molar refractivity (Wildman–Crippen MR) is 142 cm³/mol. The van der Waals surface area contributed by atoms with Crippen molar-refractivity contribution in [2.24, 2.45) is 5.92 Å². The Hall–Kier alpha value is -2.78. The molecule has 3 aromatic rings. The lowest BCUT2D eigenvalue weighted by Crippen LogP contribution is -2.19. The van der Waals surface area contributed by atoms with E-state index in [4.69, 9.17) is 14.7 Å². The standard InChI is InChI=1S/C28H34N4O4S/c1-17-29-27-23(31-22-12-11-20(18-6-5-7-18)14-25(22)37(2,34)35)15-21(16-24(33)19-9-10-19)30-28(27)32(17)26-8-3-4-13-36-26/h11-12,14-15,18-19,26H,3-10,13,16H2,1-2H3,(H,30,31). The third-order valence-corrected chi connectivity index (χ3v) is 9.10. The maximum absolute atomic E-state index is 12.8. The van der Waals surface area contributed by atoms with Crippen LogP contribution in [0.4, 0.5) is 11.4 Å². The van der Waals surface area contributed by atoms with Crippen molar-refractivity contribution in [2.45, 2.75) is 81.8 Å². The van der Waals surface area contributed by atoms with Crippen LogP contribution in [0.5, 0.6) is 0 Å². The van der Waals surface area contributed by atoms with Gasteiger partial charge in [-0.05, 0) is 81.5 Å². The number of ether oxygens (including phenoxy) is 1. The fourth-order valence-electron chi connectivity index (χ4n) is 5.50. The summed E-state index contributed by atoms with van der Waals surface area (Å²) in [4.78, 5) is 22.7. The molecule has 2 aromatic heterocycles. The number of hydrogen-bond donors (Lipinski definition) is 1. The first-order valence-electron chi connectivity index (χ1n) is 13.4. The van der Waals surface area contributed by atoms with Gasteiger partial charge in [-0.3, -0.25) is 9.36 Å². The van der Waals surface area contributed by atoms with Crippen LogP contribution in [-0.4, -0.2) is 41.6 Å². The van der Waals surface area contributed by atoms with Crippen LogP contribution in [0, 0.1) is 12.8 Å². The summed E-state index contributed by atoms with van der Waals surface area (Å²) >= 11 is 0. The minimum Gasteiger partial charge on any atom is -0.358 e. The number of sulfone groups is 1. The number of nitrogens with zero attached hydrogens (tertiary/aromatic N) is 3. The number of anilines is 2. The van der Waals surface area contributed by atoms with E-state index in [9.17, 15) is 13.2 Å². The van der Waals surface area contributed by atoms with Crippen LogP contribution < -0.4 is 5.32 Å². The van der Waals surface area contributed by atoms with Crippen molar-refractivity contribution in [3.8, 4) is 0 Å². The molecule has 3 aliphatic rings. The van der Waals surface area contributed by atoms with Crippen LogP contribution in [0.15, 0.2) is 29.2 Å². The maximum Gasteiger partial charge on any atom is 0.177 e. The molecule has 6 rings (SSSR count). The van der Waals surface area contributed by atoms with Gasteiger partial charge in [0.15, 0.2) is 15.5 Å².